The van der Waals surface area contributed by atoms with E-state index in [4.69, 9.17) is 0 Å². The van der Waals surface area contributed by atoms with Gasteiger partial charge in [-0.2, -0.15) is 14.7 Å². The Kier molecular flexibility index (Phi) is 15.1. The van der Waals surface area contributed by atoms with Crippen molar-refractivity contribution in [3.05, 3.63) is 45.7 Å². The Hall–Kier alpha value is -3.03. The lowest BCUT2D eigenvalue weighted by Crippen LogP contribution is -2.39. The number of aromatic nitrogens is 1. The predicted molar refractivity (Wildman–Crippen MR) is 173 cm³/mol. The molecule has 43 heavy (non-hydrogen) atoms. The molecule has 0 spiro atoms. The first-order valence-electron chi connectivity index (χ1n) is 16.0. The summed E-state index contributed by atoms with van der Waals surface area (Å²) in [5.41, 5.74) is 0.0452. The van der Waals surface area contributed by atoms with E-state index in [1.54, 1.807) is 35.5 Å². The molecule has 10 heteroatoms. The fourth-order valence-corrected chi connectivity index (χ4v) is 6.80. The van der Waals surface area contributed by atoms with E-state index < -0.39 is 15.6 Å². The first-order chi connectivity index (χ1) is 20.6. The van der Waals surface area contributed by atoms with E-state index in [1.165, 1.54) is 0 Å². The number of aromatic hydroxyl groups is 1. The number of azo groups is 1. The van der Waals surface area contributed by atoms with E-state index >= 15 is 0 Å². The van der Waals surface area contributed by atoms with Gasteiger partial charge in [0.15, 0.2) is 5.69 Å². The lowest BCUT2D eigenvalue weighted by molar-refractivity contribution is 0.270. The molecule has 0 fully saturated rings. The monoisotopic (exact) mass is 613 g/mol. The maximum Gasteiger partial charge on any atom is 0.271 e. The maximum absolute atomic E-state index is 14.0. The number of hydrogen-bond donors (Lipinski definition) is 1. The molecule has 0 radical (unpaired) electrons. The van der Waals surface area contributed by atoms with Gasteiger partial charge in [-0.25, -0.2) is 8.42 Å². The molecule has 0 saturated heterocycles. The van der Waals surface area contributed by atoms with Gasteiger partial charge < -0.3 is 5.11 Å². The average molecular weight is 614 g/mol. The number of unbranched alkanes of at least 4 members (excludes halogenated alkanes) is 3. The number of sulfonamides is 1. The number of benzene rings is 1. The zero-order valence-corrected chi connectivity index (χ0v) is 27.8. The minimum Gasteiger partial charge on any atom is -0.493 e. The van der Waals surface area contributed by atoms with Crippen LogP contribution in [0.5, 0.6) is 5.88 Å². The number of hydrogen-bond acceptors (Lipinski definition) is 7. The van der Waals surface area contributed by atoms with Crippen molar-refractivity contribution in [3.8, 4) is 11.9 Å². The van der Waals surface area contributed by atoms with E-state index in [2.05, 4.69) is 37.9 Å². The summed E-state index contributed by atoms with van der Waals surface area (Å²) in [7, 11) is -3.74. The third-order valence-corrected chi connectivity index (χ3v) is 10.1. The molecule has 1 N–H and O–H groups in total. The van der Waals surface area contributed by atoms with Crippen LogP contribution in [-0.4, -0.2) is 35.5 Å². The van der Waals surface area contributed by atoms with Crippen molar-refractivity contribution in [1.29, 1.82) is 5.26 Å². The molecule has 1 heterocycles. The smallest absolute Gasteiger partial charge is 0.271 e. The van der Waals surface area contributed by atoms with Crippen molar-refractivity contribution in [2.24, 2.45) is 22.1 Å². The lowest BCUT2D eigenvalue weighted by Gasteiger charge is -2.30. The average Bonchev–Trinajstić information content (AvgIpc) is 3.00. The largest absolute Gasteiger partial charge is 0.493 e. The van der Waals surface area contributed by atoms with Gasteiger partial charge in [0.2, 0.25) is 15.9 Å². The van der Waals surface area contributed by atoms with Gasteiger partial charge in [-0.15, -0.1) is 5.11 Å². The summed E-state index contributed by atoms with van der Waals surface area (Å²) in [6, 6.07) is 8.19. The molecule has 2 aromatic rings. The number of nitriles is 1. The predicted octanol–water partition coefficient (Wildman–Crippen LogP) is 8.37. The molecule has 0 bridgehead atoms. The fourth-order valence-electron chi connectivity index (χ4n) is 5.20. The lowest BCUT2D eigenvalue weighted by atomic mass is 9.97. The molecular formula is C33H51N5O4S. The molecule has 0 aliphatic heterocycles. The van der Waals surface area contributed by atoms with Crippen molar-refractivity contribution in [1.82, 2.24) is 8.87 Å². The number of rotatable bonds is 19. The standard InChI is InChI=1S/C33H51N5O4S/c1-7-12-15-26(10-4)23-37(24-27(11-5)16-13-8-2)43(41,42)29-19-17-28(18-20-29)35-36-31-25(6)30(22-34)32(39)38(33(31)40)21-14-9-3/h17-20,26-27,40H,7-16,21,23-24H2,1-6H3/b36-35+. The zero-order valence-electron chi connectivity index (χ0n) is 27.0. The minimum atomic E-state index is -3.74. The Labute approximate surface area is 258 Å². The number of nitrogens with zero attached hydrogens (tertiary/aromatic N) is 5. The highest BCUT2D eigenvalue weighted by atomic mass is 32.2. The quantitative estimate of drug-likeness (QED) is 0.159. The summed E-state index contributed by atoms with van der Waals surface area (Å²) in [4.78, 5) is 12.9. The van der Waals surface area contributed by atoms with Crippen LogP contribution in [0.25, 0.3) is 0 Å². The molecule has 0 aliphatic rings. The molecule has 0 amide bonds. The van der Waals surface area contributed by atoms with Gasteiger partial charge in [0.25, 0.3) is 5.56 Å². The Balaban J connectivity index is 2.42. The fraction of sp³-hybridized carbons (Fsp3) is 0.636. The molecule has 2 rings (SSSR count). The van der Waals surface area contributed by atoms with Gasteiger partial charge in [-0.1, -0.05) is 79.6 Å². The van der Waals surface area contributed by atoms with Crippen LogP contribution in [0.3, 0.4) is 0 Å². The van der Waals surface area contributed by atoms with Gasteiger partial charge in [-0.05, 0) is 62.3 Å². The van der Waals surface area contributed by atoms with E-state index in [0.29, 0.717) is 37.0 Å². The van der Waals surface area contributed by atoms with Crippen LogP contribution in [0.15, 0.2) is 44.2 Å². The summed E-state index contributed by atoms with van der Waals surface area (Å²) in [5.74, 6) is 0.276. The van der Waals surface area contributed by atoms with Crippen molar-refractivity contribution < 1.29 is 13.5 Å². The summed E-state index contributed by atoms with van der Waals surface area (Å²) in [6.07, 6.45) is 9.68. The first-order valence-corrected chi connectivity index (χ1v) is 17.4. The SMILES string of the molecule is CCCCC(CC)CN(CC(CC)CCCC)S(=O)(=O)c1ccc(/N=N/c2c(C)c(C#N)c(=O)n(CCCC)c2O)cc1. The molecule has 238 valence electrons. The normalized spacial score (nSPS) is 13.4. The van der Waals surface area contributed by atoms with Crippen LogP contribution in [0.1, 0.15) is 110 Å². The van der Waals surface area contributed by atoms with Gasteiger partial charge in [-0.3, -0.25) is 9.36 Å². The summed E-state index contributed by atoms with van der Waals surface area (Å²) in [6.45, 7) is 13.4. The van der Waals surface area contributed by atoms with E-state index in [1.807, 2.05) is 13.0 Å². The highest BCUT2D eigenvalue weighted by Crippen LogP contribution is 2.33. The minimum absolute atomic E-state index is 0.0468. The van der Waals surface area contributed by atoms with Crippen molar-refractivity contribution >= 4 is 21.4 Å². The van der Waals surface area contributed by atoms with Crippen molar-refractivity contribution in [2.45, 2.75) is 117 Å². The van der Waals surface area contributed by atoms with Crippen LogP contribution < -0.4 is 5.56 Å². The first kappa shape index (κ1) is 36.2. The van der Waals surface area contributed by atoms with Crippen molar-refractivity contribution in [2.75, 3.05) is 13.1 Å². The molecule has 1 aromatic carbocycles. The van der Waals surface area contributed by atoms with Gasteiger partial charge in [0, 0.05) is 25.2 Å². The van der Waals surface area contributed by atoms with Gasteiger partial charge >= 0.3 is 0 Å². The summed E-state index contributed by atoms with van der Waals surface area (Å²) >= 11 is 0. The molecule has 2 atom stereocenters. The van der Waals surface area contributed by atoms with Crippen molar-refractivity contribution in [3.63, 3.8) is 0 Å². The van der Waals surface area contributed by atoms with Crippen LogP contribution in [-0.2, 0) is 16.6 Å². The summed E-state index contributed by atoms with van der Waals surface area (Å²) in [5, 5.41) is 28.7. The number of pyridine rings is 1. The second-order valence-corrected chi connectivity index (χ2v) is 13.4. The third kappa shape index (κ3) is 9.73. The Bertz CT molecular complexity index is 1380. The van der Waals surface area contributed by atoms with Crippen LogP contribution >= 0.6 is 0 Å². The molecule has 1 aromatic heterocycles. The van der Waals surface area contributed by atoms with E-state index in [9.17, 15) is 23.6 Å². The second kappa shape index (κ2) is 17.9. The Morgan fingerprint density at radius 1 is 0.907 bits per heavy atom. The van der Waals surface area contributed by atoms with E-state index in [0.717, 1.165) is 62.4 Å². The topological polar surface area (TPSA) is 128 Å². The highest BCUT2D eigenvalue weighted by Gasteiger charge is 2.29. The molecule has 0 saturated carbocycles. The molecule has 0 aliphatic carbocycles. The molecular weight excluding hydrogens is 562 g/mol. The second-order valence-electron chi connectivity index (χ2n) is 11.4. The zero-order chi connectivity index (χ0) is 32.0. The molecule has 2 unspecified atom stereocenters. The Morgan fingerprint density at radius 3 is 1.91 bits per heavy atom. The molecule has 9 nitrogen and oxygen atoms in total. The van der Waals surface area contributed by atoms with Crippen LogP contribution in [0.4, 0.5) is 11.4 Å². The van der Waals surface area contributed by atoms with Gasteiger partial charge in [0.05, 0.1) is 10.6 Å². The van der Waals surface area contributed by atoms with Gasteiger partial charge in [0.1, 0.15) is 11.6 Å². The van der Waals surface area contributed by atoms with Crippen LogP contribution in [0, 0.1) is 30.1 Å². The Morgan fingerprint density at radius 2 is 1.44 bits per heavy atom. The third-order valence-electron chi connectivity index (χ3n) is 8.25. The maximum atomic E-state index is 14.0. The van der Waals surface area contributed by atoms with Crippen LogP contribution in [0.2, 0.25) is 0 Å². The summed E-state index contributed by atoms with van der Waals surface area (Å²) < 4.78 is 30.8. The van der Waals surface area contributed by atoms with E-state index in [-0.39, 0.29) is 34.1 Å². The highest BCUT2D eigenvalue weighted by molar-refractivity contribution is 7.89.